The maximum Gasteiger partial charge on any atom is 0.320 e. The van der Waals surface area contributed by atoms with Crippen molar-refractivity contribution in [1.29, 1.82) is 0 Å². The smallest absolute Gasteiger partial charge is 0.320 e. The maximum atomic E-state index is 13.0. The van der Waals surface area contributed by atoms with Gasteiger partial charge in [-0.2, -0.15) is 5.10 Å². The van der Waals surface area contributed by atoms with Crippen LogP contribution in [0.5, 0.6) is 0 Å². The second-order valence-electron chi connectivity index (χ2n) is 7.86. The first kappa shape index (κ1) is 22.1. The summed E-state index contributed by atoms with van der Waals surface area (Å²) < 4.78 is 49.0. The summed E-state index contributed by atoms with van der Waals surface area (Å²) >= 11 is -1.55. The molecule has 0 spiro atoms. The zero-order valence-corrected chi connectivity index (χ0v) is 19.1. The molecule has 2 saturated heterocycles. The Morgan fingerprint density at radius 2 is 1.76 bits per heavy atom. The van der Waals surface area contributed by atoms with Gasteiger partial charge in [0.15, 0.2) is 16.1 Å². The normalized spacial score (nSPS) is 18.0. The van der Waals surface area contributed by atoms with Gasteiger partial charge in [-0.1, -0.05) is 11.3 Å². The molecule has 2 aliphatic rings. The van der Waals surface area contributed by atoms with E-state index in [-0.39, 0.29) is 16.1 Å². The van der Waals surface area contributed by atoms with Gasteiger partial charge in [0.25, 0.3) is 6.43 Å². The number of hydrogen-bond donors (Lipinski definition) is 1. The summed E-state index contributed by atoms with van der Waals surface area (Å²) in [7, 11) is 0. The van der Waals surface area contributed by atoms with Crippen LogP contribution >= 0.6 is 11.3 Å². The van der Waals surface area contributed by atoms with Gasteiger partial charge in [-0.15, -0.1) is 10.2 Å². The summed E-state index contributed by atoms with van der Waals surface area (Å²) in [5.41, 5.74) is 1.17. The molecule has 4 heterocycles. The number of aromatic nitrogens is 4. The largest absolute Gasteiger partial charge is 0.367 e. The van der Waals surface area contributed by atoms with Gasteiger partial charge < -0.3 is 19.3 Å². The molecule has 1 unspecified atom stereocenters. The molecular weight excluding hydrogens is 476 g/mol. The average Bonchev–Trinajstić information content (AvgIpc) is 3.58. The molecule has 176 valence electrons. The molecule has 1 N–H and O–H groups in total. The highest BCUT2D eigenvalue weighted by Gasteiger charge is 2.28. The number of carbonyl (C=O) groups excluding carboxylic acids is 1. The van der Waals surface area contributed by atoms with Crippen LogP contribution in [-0.2, 0) is 11.1 Å². The molecule has 3 aromatic rings. The molecule has 0 radical (unpaired) electrons. The number of benzene rings is 1. The lowest BCUT2D eigenvalue weighted by molar-refractivity contribution is 0.150. The maximum absolute atomic E-state index is 13.0. The van der Waals surface area contributed by atoms with Gasteiger partial charge in [-0.05, 0) is 25.0 Å². The molecule has 33 heavy (non-hydrogen) atoms. The fourth-order valence-corrected chi connectivity index (χ4v) is 5.34. The molecule has 5 rings (SSSR count). The third kappa shape index (κ3) is 4.17. The van der Waals surface area contributed by atoms with Crippen LogP contribution in [0, 0.1) is 0 Å². The molecular formula is C19H21F2N7O3S2. The molecule has 2 aromatic heterocycles. The molecule has 2 aliphatic heterocycles. The predicted octanol–water partition coefficient (Wildman–Crippen LogP) is 2.73. The number of carbonyl (C=O) groups is 1. The number of piperazine rings is 1. The quantitative estimate of drug-likeness (QED) is 0.552. The number of nitrogens with zero attached hydrogens (tertiary/aromatic N) is 7. The van der Waals surface area contributed by atoms with Gasteiger partial charge in [0.05, 0.1) is 16.6 Å². The van der Waals surface area contributed by atoms with Crippen LogP contribution in [0.1, 0.15) is 24.3 Å². The van der Waals surface area contributed by atoms with E-state index in [1.165, 1.54) is 10.7 Å². The standard InChI is InChI=1S/C19H21F2N7O3S2/c20-16(21)17-23-24-18(32-17)28-15-10-12(33(30)31)9-14(13(15)11-22-28)25-5-7-27(8-6-25)19(29)26-3-1-2-4-26/h9-11,16H,1-8H2,(H,30,31). The Hall–Kier alpha value is -2.71. The number of anilines is 1. The average molecular weight is 498 g/mol. The molecule has 2 fully saturated rings. The lowest BCUT2D eigenvalue weighted by atomic mass is 10.1. The fourth-order valence-electron chi connectivity index (χ4n) is 4.25. The second-order valence-corrected chi connectivity index (χ2v) is 9.81. The Morgan fingerprint density at radius 3 is 2.39 bits per heavy atom. The van der Waals surface area contributed by atoms with Gasteiger partial charge in [-0.25, -0.2) is 22.5 Å². The van der Waals surface area contributed by atoms with Crippen molar-refractivity contribution in [3.05, 3.63) is 23.3 Å². The summed E-state index contributed by atoms with van der Waals surface area (Å²) in [4.78, 5) is 18.6. The van der Waals surface area contributed by atoms with E-state index in [0.717, 1.165) is 25.9 Å². The number of urea groups is 1. The summed E-state index contributed by atoms with van der Waals surface area (Å²) in [6, 6.07) is 3.19. The van der Waals surface area contributed by atoms with E-state index in [1.54, 1.807) is 12.3 Å². The van der Waals surface area contributed by atoms with E-state index in [4.69, 9.17) is 0 Å². The van der Waals surface area contributed by atoms with Gasteiger partial charge in [0.2, 0.25) is 5.13 Å². The van der Waals surface area contributed by atoms with Crippen LogP contribution in [0.2, 0.25) is 0 Å². The molecule has 0 saturated carbocycles. The molecule has 0 bridgehead atoms. The zero-order valence-electron chi connectivity index (χ0n) is 17.4. The van der Waals surface area contributed by atoms with Crippen molar-refractivity contribution in [2.24, 2.45) is 0 Å². The van der Waals surface area contributed by atoms with Crippen LogP contribution in [0.4, 0.5) is 19.3 Å². The Kier molecular flexibility index (Phi) is 5.97. The zero-order chi connectivity index (χ0) is 23.1. The van der Waals surface area contributed by atoms with Crippen molar-refractivity contribution in [3.8, 4) is 5.13 Å². The van der Waals surface area contributed by atoms with Crippen molar-refractivity contribution < 1.29 is 22.3 Å². The van der Waals surface area contributed by atoms with Crippen molar-refractivity contribution in [1.82, 2.24) is 29.8 Å². The van der Waals surface area contributed by atoms with Gasteiger partial charge in [-0.3, -0.25) is 0 Å². The minimum Gasteiger partial charge on any atom is -0.367 e. The van der Waals surface area contributed by atoms with Gasteiger partial charge in [0.1, 0.15) is 0 Å². The minimum atomic E-state index is -2.74. The van der Waals surface area contributed by atoms with Crippen LogP contribution in [0.15, 0.2) is 23.2 Å². The van der Waals surface area contributed by atoms with Crippen molar-refractivity contribution in [2.75, 3.05) is 44.2 Å². The lowest BCUT2D eigenvalue weighted by Gasteiger charge is -2.38. The van der Waals surface area contributed by atoms with Crippen LogP contribution in [0.3, 0.4) is 0 Å². The SMILES string of the molecule is O=C(N1CCCC1)N1CCN(c2cc(S(=O)O)cc3c2cnn3-c2nnc(C(F)F)s2)CC1. The summed E-state index contributed by atoms with van der Waals surface area (Å²) in [6.45, 7) is 3.76. The molecule has 2 amide bonds. The summed E-state index contributed by atoms with van der Waals surface area (Å²) in [5, 5.41) is 12.0. The molecule has 0 aliphatic carbocycles. The monoisotopic (exact) mass is 497 g/mol. The number of alkyl halides is 2. The number of rotatable bonds is 4. The summed E-state index contributed by atoms with van der Waals surface area (Å²) in [5.74, 6) is 0. The van der Waals surface area contributed by atoms with Gasteiger partial charge >= 0.3 is 6.03 Å². The minimum absolute atomic E-state index is 0.0569. The Bertz CT molecular complexity index is 1200. The van der Waals surface area contributed by atoms with E-state index in [1.807, 2.05) is 14.7 Å². The molecule has 14 heteroatoms. The lowest BCUT2D eigenvalue weighted by Crippen LogP contribution is -2.52. The Balaban J connectivity index is 1.45. The molecule has 10 nitrogen and oxygen atoms in total. The van der Waals surface area contributed by atoms with E-state index < -0.39 is 22.5 Å². The topological polar surface area (TPSA) is 108 Å². The molecule has 1 atom stereocenters. The summed E-state index contributed by atoms with van der Waals surface area (Å²) in [6.07, 6.45) is 0.909. The Labute approximate surface area is 194 Å². The van der Waals surface area contributed by atoms with Crippen LogP contribution in [-0.4, -0.2) is 83.8 Å². The first-order chi connectivity index (χ1) is 15.9. The first-order valence-electron chi connectivity index (χ1n) is 10.5. The highest BCUT2D eigenvalue weighted by atomic mass is 32.2. The number of likely N-dealkylation sites (tertiary alicyclic amines) is 1. The van der Waals surface area contributed by atoms with E-state index >= 15 is 0 Å². The first-order valence-corrected chi connectivity index (χ1v) is 12.4. The van der Waals surface area contributed by atoms with Crippen molar-refractivity contribution >= 4 is 45.0 Å². The van der Waals surface area contributed by atoms with E-state index in [0.29, 0.717) is 54.1 Å². The van der Waals surface area contributed by atoms with Crippen LogP contribution in [0.25, 0.3) is 16.0 Å². The fraction of sp³-hybridized carbons (Fsp3) is 0.474. The molecule has 1 aromatic carbocycles. The van der Waals surface area contributed by atoms with E-state index in [2.05, 4.69) is 15.3 Å². The number of halogens is 2. The third-order valence-electron chi connectivity index (χ3n) is 5.91. The highest BCUT2D eigenvalue weighted by molar-refractivity contribution is 7.79. The van der Waals surface area contributed by atoms with Crippen LogP contribution < -0.4 is 4.90 Å². The van der Waals surface area contributed by atoms with Crippen molar-refractivity contribution in [3.63, 3.8) is 0 Å². The Morgan fingerprint density at radius 1 is 1.06 bits per heavy atom. The number of amides is 2. The van der Waals surface area contributed by atoms with Crippen molar-refractivity contribution in [2.45, 2.75) is 24.2 Å². The predicted molar refractivity (Wildman–Crippen MR) is 119 cm³/mol. The number of fused-ring (bicyclic) bond motifs is 1. The van der Waals surface area contributed by atoms with Gasteiger partial charge in [0, 0.05) is 50.3 Å². The number of hydrogen-bond acceptors (Lipinski definition) is 7. The second kappa shape index (κ2) is 8.91. The third-order valence-corrected chi connectivity index (χ3v) is 7.45. The van der Waals surface area contributed by atoms with E-state index in [9.17, 15) is 22.3 Å². The highest BCUT2D eigenvalue weighted by Crippen LogP contribution is 2.33.